The van der Waals surface area contributed by atoms with Gasteiger partial charge >= 0.3 is 0 Å². The average molecular weight is 587 g/mol. The van der Waals surface area contributed by atoms with Crippen molar-refractivity contribution in [3.63, 3.8) is 0 Å². The molecule has 2 aromatic carbocycles. The molecule has 10 heteroatoms. The fraction of sp³-hybridized carbons (Fsp3) is 0.440. The Kier molecular flexibility index (Phi) is 10.6. The van der Waals surface area contributed by atoms with Gasteiger partial charge < -0.3 is 10.2 Å². The lowest BCUT2D eigenvalue weighted by molar-refractivity contribution is -0.140. The Labute approximate surface area is 222 Å². The third-order valence-electron chi connectivity index (χ3n) is 5.46. The van der Waals surface area contributed by atoms with Crippen molar-refractivity contribution in [1.29, 1.82) is 0 Å². The summed E-state index contributed by atoms with van der Waals surface area (Å²) in [4.78, 5) is 27.5. The number of aryl methyl sites for hydroxylation is 1. The number of hydrogen-bond donors (Lipinski definition) is 1. The quantitative estimate of drug-likeness (QED) is 0.406. The molecule has 0 fully saturated rings. The lowest BCUT2D eigenvalue weighted by atomic mass is 10.1. The number of benzene rings is 2. The summed E-state index contributed by atoms with van der Waals surface area (Å²) in [5, 5.41) is 3.29. The van der Waals surface area contributed by atoms with Gasteiger partial charge in [0.1, 0.15) is 6.04 Å². The second-order valence-corrected chi connectivity index (χ2v) is 12.1. The molecule has 0 heterocycles. The maximum absolute atomic E-state index is 13.3. The summed E-state index contributed by atoms with van der Waals surface area (Å²) in [6, 6.07) is 11.9. The number of amides is 2. The molecule has 1 atom stereocenters. The Morgan fingerprint density at radius 2 is 1.71 bits per heavy atom. The van der Waals surface area contributed by atoms with Crippen LogP contribution in [0.3, 0.4) is 0 Å². The fourth-order valence-corrected chi connectivity index (χ4v) is 5.05. The van der Waals surface area contributed by atoms with Gasteiger partial charge in [-0.25, -0.2) is 8.42 Å². The van der Waals surface area contributed by atoms with Crippen LogP contribution >= 0.6 is 27.5 Å². The maximum Gasteiger partial charge on any atom is 0.242 e. The largest absolute Gasteiger partial charge is 0.352 e. The molecule has 2 amide bonds. The molecule has 0 aliphatic heterocycles. The summed E-state index contributed by atoms with van der Waals surface area (Å²) in [6.45, 7) is 7.62. The lowest BCUT2D eigenvalue weighted by Gasteiger charge is -2.30. The van der Waals surface area contributed by atoms with E-state index in [4.69, 9.17) is 11.6 Å². The highest BCUT2D eigenvalue weighted by molar-refractivity contribution is 9.10. The van der Waals surface area contributed by atoms with Crippen molar-refractivity contribution < 1.29 is 18.0 Å². The molecular weight excluding hydrogens is 554 g/mol. The van der Waals surface area contributed by atoms with E-state index in [0.717, 1.165) is 21.9 Å². The van der Waals surface area contributed by atoms with E-state index in [1.165, 1.54) is 9.21 Å². The molecule has 192 valence electrons. The molecule has 0 radical (unpaired) electrons. The van der Waals surface area contributed by atoms with E-state index < -0.39 is 16.1 Å². The number of carbonyl (C=O) groups excluding carboxylic acids is 2. The van der Waals surface area contributed by atoms with Crippen molar-refractivity contribution in [2.75, 3.05) is 17.1 Å². The van der Waals surface area contributed by atoms with Gasteiger partial charge in [0.15, 0.2) is 0 Å². The Balaban J connectivity index is 2.20. The molecule has 0 saturated heterocycles. The Hall–Kier alpha value is -2.10. The number of sulfonamides is 1. The first-order valence-corrected chi connectivity index (χ1v) is 14.4. The van der Waals surface area contributed by atoms with Crippen LogP contribution in [0.25, 0.3) is 0 Å². The topological polar surface area (TPSA) is 86.8 Å². The predicted molar refractivity (Wildman–Crippen MR) is 145 cm³/mol. The van der Waals surface area contributed by atoms with Gasteiger partial charge in [-0.2, -0.15) is 0 Å². The number of nitrogens with one attached hydrogen (secondary N) is 1. The number of hydrogen-bond acceptors (Lipinski definition) is 4. The molecule has 0 saturated carbocycles. The van der Waals surface area contributed by atoms with Crippen LogP contribution in [-0.2, 0) is 26.2 Å². The van der Waals surface area contributed by atoms with E-state index in [9.17, 15) is 18.0 Å². The minimum absolute atomic E-state index is 0.0566. The Morgan fingerprint density at radius 3 is 2.29 bits per heavy atom. The SMILES string of the molecule is Cc1ccc(Cl)cc1N(CCCC(=O)N(Cc1ccc(Br)cc1)[C@H](C)C(=O)NC(C)C)S(C)(=O)=O. The lowest BCUT2D eigenvalue weighted by Crippen LogP contribution is -2.49. The standard InChI is InChI=1S/C25H33BrClN3O4S/c1-17(2)28-25(32)19(4)29(16-20-9-11-21(26)12-10-20)24(31)7-6-14-30(35(5,33)34)23-15-22(27)13-8-18(23)3/h8-13,15,17,19H,6-7,14,16H2,1-5H3,(H,28,32)/t19-/m1/s1. The molecular formula is C25H33BrClN3O4S. The predicted octanol–water partition coefficient (Wildman–Crippen LogP) is 4.90. The molecule has 0 aromatic heterocycles. The number of carbonyl (C=O) groups is 2. The molecule has 0 aliphatic rings. The second kappa shape index (κ2) is 12.7. The van der Waals surface area contributed by atoms with E-state index >= 15 is 0 Å². The summed E-state index contributed by atoms with van der Waals surface area (Å²) >= 11 is 9.51. The zero-order chi connectivity index (χ0) is 26.3. The molecule has 0 bridgehead atoms. The number of halogens is 2. The highest BCUT2D eigenvalue weighted by Crippen LogP contribution is 2.27. The Bertz CT molecular complexity index is 1140. The van der Waals surface area contributed by atoms with Crippen LogP contribution < -0.4 is 9.62 Å². The van der Waals surface area contributed by atoms with Crippen LogP contribution in [-0.4, -0.2) is 50.0 Å². The van der Waals surface area contributed by atoms with Gasteiger partial charge in [-0.3, -0.25) is 13.9 Å². The van der Waals surface area contributed by atoms with E-state index in [1.54, 1.807) is 25.1 Å². The molecule has 2 aromatic rings. The van der Waals surface area contributed by atoms with Crippen LogP contribution in [0.5, 0.6) is 0 Å². The first-order valence-electron chi connectivity index (χ1n) is 11.4. The number of anilines is 1. The van der Waals surface area contributed by atoms with E-state index in [0.29, 0.717) is 10.7 Å². The van der Waals surface area contributed by atoms with Gasteiger partial charge in [0.25, 0.3) is 0 Å². The van der Waals surface area contributed by atoms with E-state index in [2.05, 4.69) is 21.2 Å². The zero-order valence-electron chi connectivity index (χ0n) is 20.7. The minimum Gasteiger partial charge on any atom is -0.352 e. The van der Waals surface area contributed by atoms with Crippen molar-refractivity contribution in [1.82, 2.24) is 10.2 Å². The van der Waals surface area contributed by atoms with Gasteiger partial charge in [-0.05, 0) is 69.5 Å². The van der Waals surface area contributed by atoms with Crippen LogP contribution in [0.15, 0.2) is 46.9 Å². The van der Waals surface area contributed by atoms with Gasteiger partial charge in [0.05, 0.1) is 11.9 Å². The van der Waals surface area contributed by atoms with E-state index in [-0.39, 0.29) is 43.8 Å². The van der Waals surface area contributed by atoms with Gasteiger partial charge in [0, 0.05) is 35.0 Å². The third kappa shape index (κ3) is 8.81. The van der Waals surface area contributed by atoms with Crippen molar-refractivity contribution in [2.24, 2.45) is 0 Å². The van der Waals surface area contributed by atoms with Gasteiger partial charge in [-0.1, -0.05) is 45.7 Å². The smallest absolute Gasteiger partial charge is 0.242 e. The normalized spacial score (nSPS) is 12.3. The van der Waals surface area contributed by atoms with Crippen molar-refractivity contribution >= 4 is 55.1 Å². The van der Waals surface area contributed by atoms with Crippen LogP contribution in [0.1, 0.15) is 44.7 Å². The van der Waals surface area contributed by atoms with Gasteiger partial charge in [-0.15, -0.1) is 0 Å². The molecule has 2 rings (SSSR count). The maximum atomic E-state index is 13.3. The highest BCUT2D eigenvalue weighted by atomic mass is 79.9. The monoisotopic (exact) mass is 585 g/mol. The third-order valence-corrected chi connectivity index (χ3v) is 7.40. The van der Waals surface area contributed by atoms with Crippen molar-refractivity contribution in [3.8, 4) is 0 Å². The number of nitrogens with zero attached hydrogens (tertiary/aromatic N) is 2. The minimum atomic E-state index is -3.59. The van der Waals surface area contributed by atoms with Crippen molar-refractivity contribution in [2.45, 2.75) is 59.2 Å². The van der Waals surface area contributed by atoms with Crippen LogP contribution in [0, 0.1) is 6.92 Å². The highest BCUT2D eigenvalue weighted by Gasteiger charge is 2.27. The summed E-state index contributed by atoms with van der Waals surface area (Å²) in [6.07, 6.45) is 1.50. The van der Waals surface area contributed by atoms with Gasteiger partial charge in [0.2, 0.25) is 21.8 Å². The van der Waals surface area contributed by atoms with E-state index in [1.807, 2.05) is 45.0 Å². The molecule has 0 unspecified atom stereocenters. The first kappa shape index (κ1) is 29.1. The summed E-state index contributed by atoms with van der Waals surface area (Å²) in [5.74, 6) is -0.464. The molecule has 35 heavy (non-hydrogen) atoms. The first-order chi connectivity index (χ1) is 16.3. The molecule has 0 spiro atoms. The molecule has 1 N–H and O–H groups in total. The summed E-state index contributed by atoms with van der Waals surface area (Å²) in [7, 11) is -3.59. The average Bonchev–Trinajstić information content (AvgIpc) is 2.76. The molecule has 0 aliphatic carbocycles. The number of rotatable bonds is 11. The summed E-state index contributed by atoms with van der Waals surface area (Å²) in [5.41, 5.74) is 2.14. The Morgan fingerprint density at radius 1 is 1.09 bits per heavy atom. The fourth-order valence-electron chi connectivity index (χ4n) is 3.61. The van der Waals surface area contributed by atoms with Crippen LogP contribution in [0.2, 0.25) is 5.02 Å². The van der Waals surface area contributed by atoms with Crippen LogP contribution in [0.4, 0.5) is 5.69 Å². The second-order valence-electron chi connectivity index (χ2n) is 8.86. The summed E-state index contributed by atoms with van der Waals surface area (Å²) < 4.78 is 27.2. The molecule has 7 nitrogen and oxygen atoms in total. The van der Waals surface area contributed by atoms with Crippen molar-refractivity contribution in [3.05, 3.63) is 63.1 Å². The zero-order valence-corrected chi connectivity index (χ0v) is 23.9.